The Labute approximate surface area is 195 Å². The van der Waals surface area contributed by atoms with Gasteiger partial charge in [0.15, 0.2) is 0 Å². The minimum absolute atomic E-state index is 0.0635. The molecular weight excluding hydrogens is 443 g/mol. The van der Waals surface area contributed by atoms with E-state index in [9.17, 15) is 9.18 Å². The Morgan fingerprint density at radius 1 is 1.21 bits per heavy atom. The van der Waals surface area contributed by atoms with Crippen LogP contribution in [0.2, 0.25) is 5.02 Å². The van der Waals surface area contributed by atoms with E-state index in [0.717, 1.165) is 17.7 Å². The highest BCUT2D eigenvalue weighted by Crippen LogP contribution is 2.38. The summed E-state index contributed by atoms with van der Waals surface area (Å²) in [5, 5.41) is 0.575. The van der Waals surface area contributed by atoms with Gasteiger partial charge in [0, 0.05) is 48.2 Å². The van der Waals surface area contributed by atoms with E-state index in [1.165, 1.54) is 10.6 Å². The van der Waals surface area contributed by atoms with E-state index in [1.54, 1.807) is 32.3 Å². The van der Waals surface area contributed by atoms with Crippen LogP contribution in [-0.4, -0.2) is 26.1 Å². The van der Waals surface area contributed by atoms with Crippen LogP contribution in [0, 0.1) is 12.7 Å². The Bertz CT molecular complexity index is 1410. The topological polar surface area (TPSA) is 69.9 Å². The van der Waals surface area contributed by atoms with Gasteiger partial charge in [-0.25, -0.2) is 9.37 Å². The first-order valence-electron chi connectivity index (χ1n) is 10.8. The van der Waals surface area contributed by atoms with E-state index in [-0.39, 0.29) is 33.9 Å². The maximum atomic E-state index is 15.0. The Kier molecular flexibility index (Phi) is 5.68. The molecule has 1 fully saturated rings. The highest BCUT2D eigenvalue weighted by Gasteiger charge is 2.28. The van der Waals surface area contributed by atoms with Crippen LogP contribution in [0.3, 0.4) is 0 Å². The van der Waals surface area contributed by atoms with Crippen molar-refractivity contribution in [3.8, 4) is 11.3 Å². The van der Waals surface area contributed by atoms with Crippen LogP contribution in [0.25, 0.3) is 22.2 Å². The fourth-order valence-electron chi connectivity index (χ4n) is 4.36. The summed E-state index contributed by atoms with van der Waals surface area (Å²) in [7, 11) is 1.65. The van der Waals surface area contributed by atoms with Gasteiger partial charge in [0.2, 0.25) is 0 Å². The van der Waals surface area contributed by atoms with Crippen molar-refractivity contribution in [3.05, 3.63) is 87.1 Å². The van der Waals surface area contributed by atoms with E-state index < -0.39 is 5.82 Å². The number of hydrogen-bond acceptors (Lipinski definition) is 5. The van der Waals surface area contributed by atoms with Crippen molar-refractivity contribution >= 4 is 22.5 Å². The summed E-state index contributed by atoms with van der Waals surface area (Å²) in [6.07, 6.45) is 4.90. The standard InChI is InChI=1S/C25H22ClFN4O2/c1-14-29-21-12-20(15-7-9-33-22(10-15)16-4-3-8-28-13-16)30-24(23(21)25(32)31(14)2)18-6-5-17(26)11-19(18)27/h3-6,8,11-13,15,22H,7,9-10H2,1-2H3/t15-,22-/m0/s1. The lowest BCUT2D eigenvalue weighted by molar-refractivity contribution is 0.00449. The third-order valence-corrected chi connectivity index (χ3v) is 6.48. The number of aromatic nitrogens is 4. The largest absolute Gasteiger partial charge is 0.373 e. The van der Waals surface area contributed by atoms with Gasteiger partial charge in [-0.15, -0.1) is 0 Å². The molecule has 168 valence electrons. The van der Waals surface area contributed by atoms with Crippen molar-refractivity contribution in [1.82, 2.24) is 19.5 Å². The number of halogens is 2. The zero-order valence-corrected chi connectivity index (χ0v) is 19.0. The SMILES string of the molecule is Cc1nc2cc([C@H]3CCO[C@H](c4cccnc4)C3)nc(-c3ccc(Cl)cc3F)c2c(=O)n1C. The number of ether oxygens (including phenoxy) is 1. The highest BCUT2D eigenvalue weighted by atomic mass is 35.5. The Morgan fingerprint density at radius 2 is 2.06 bits per heavy atom. The first kappa shape index (κ1) is 21.7. The number of nitrogens with zero attached hydrogens (tertiary/aromatic N) is 4. The molecule has 6 nitrogen and oxygen atoms in total. The average molecular weight is 465 g/mol. The molecule has 1 aliphatic rings. The third-order valence-electron chi connectivity index (χ3n) is 6.25. The van der Waals surface area contributed by atoms with Gasteiger partial charge in [-0.05, 0) is 55.7 Å². The molecule has 3 aromatic heterocycles. The third kappa shape index (κ3) is 4.03. The first-order chi connectivity index (χ1) is 15.9. The molecule has 0 unspecified atom stereocenters. The summed E-state index contributed by atoms with van der Waals surface area (Å²) in [6.45, 7) is 2.34. The predicted molar refractivity (Wildman–Crippen MR) is 125 cm³/mol. The normalized spacial score (nSPS) is 18.5. The summed E-state index contributed by atoms with van der Waals surface area (Å²) in [4.78, 5) is 26.8. The minimum atomic E-state index is -0.531. The molecule has 0 saturated carbocycles. The Hall–Kier alpha value is -3.16. The number of aryl methyl sites for hydroxylation is 1. The van der Waals surface area contributed by atoms with Gasteiger partial charge >= 0.3 is 0 Å². The summed E-state index contributed by atoms with van der Waals surface area (Å²) >= 11 is 5.97. The zero-order valence-electron chi connectivity index (χ0n) is 18.3. The smallest absolute Gasteiger partial charge is 0.263 e. The molecule has 1 aliphatic heterocycles. The number of benzene rings is 1. The molecule has 0 N–H and O–H groups in total. The Morgan fingerprint density at radius 3 is 2.82 bits per heavy atom. The quantitative estimate of drug-likeness (QED) is 0.420. The second-order valence-electron chi connectivity index (χ2n) is 8.30. The average Bonchev–Trinajstić information content (AvgIpc) is 2.82. The minimum Gasteiger partial charge on any atom is -0.373 e. The van der Waals surface area contributed by atoms with E-state index in [1.807, 2.05) is 24.4 Å². The highest BCUT2D eigenvalue weighted by molar-refractivity contribution is 6.30. The van der Waals surface area contributed by atoms with Crippen LogP contribution >= 0.6 is 11.6 Å². The van der Waals surface area contributed by atoms with Crippen molar-refractivity contribution in [1.29, 1.82) is 0 Å². The first-order valence-corrected chi connectivity index (χ1v) is 11.2. The number of rotatable bonds is 3. The van der Waals surface area contributed by atoms with Gasteiger partial charge < -0.3 is 4.74 Å². The zero-order chi connectivity index (χ0) is 23.1. The molecule has 0 amide bonds. The molecule has 0 bridgehead atoms. The van der Waals surface area contributed by atoms with Gasteiger partial charge in [-0.2, -0.15) is 0 Å². The maximum absolute atomic E-state index is 15.0. The molecule has 8 heteroatoms. The summed E-state index contributed by atoms with van der Waals surface area (Å²) < 4.78 is 22.4. The van der Waals surface area contributed by atoms with Gasteiger partial charge in [-0.3, -0.25) is 19.3 Å². The lowest BCUT2D eigenvalue weighted by Crippen LogP contribution is -2.23. The fourth-order valence-corrected chi connectivity index (χ4v) is 4.52. The Balaban J connectivity index is 1.67. The fraction of sp³-hybridized carbons (Fsp3) is 0.280. The van der Waals surface area contributed by atoms with Crippen LogP contribution in [0.1, 0.15) is 41.9 Å². The van der Waals surface area contributed by atoms with Gasteiger partial charge in [-0.1, -0.05) is 17.7 Å². The van der Waals surface area contributed by atoms with Crippen molar-refractivity contribution in [3.63, 3.8) is 0 Å². The second-order valence-corrected chi connectivity index (χ2v) is 8.74. The van der Waals surface area contributed by atoms with Gasteiger partial charge in [0.05, 0.1) is 22.7 Å². The van der Waals surface area contributed by atoms with Gasteiger partial charge in [0.25, 0.3) is 5.56 Å². The number of fused-ring (bicyclic) bond motifs is 1. The molecular formula is C25H22ClFN4O2. The lowest BCUT2D eigenvalue weighted by atomic mass is 9.89. The molecule has 1 aromatic carbocycles. The maximum Gasteiger partial charge on any atom is 0.263 e. The molecule has 1 saturated heterocycles. The van der Waals surface area contributed by atoms with E-state index in [4.69, 9.17) is 21.3 Å². The van der Waals surface area contributed by atoms with Crippen molar-refractivity contribution < 1.29 is 9.13 Å². The molecule has 4 heterocycles. The summed E-state index contributed by atoms with van der Waals surface area (Å²) in [6, 6.07) is 10.1. The second kappa shape index (κ2) is 8.65. The van der Waals surface area contributed by atoms with Crippen LogP contribution in [0.15, 0.2) is 53.6 Å². The molecule has 0 radical (unpaired) electrons. The summed E-state index contributed by atoms with van der Waals surface area (Å²) in [5.41, 5.74) is 2.54. The van der Waals surface area contributed by atoms with Crippen LogP contribution in [0.5, 0.6) is 0 Å². The molecule has 33 heavy (non-hydrogen) atoms. The number of hydrogen-bond donors (Lipinski definition) is 0. The van der Waals surface area contributed by atoms with E-state index >= 15 is 0 Å². The molecule has 5 rings (SSSR count). The molecule has 0 spiro atoms. The predicted octanol–water partition coefficient (Wildman–Crippen LogP) is 5.13. The van der Waals surface area contributed by atoms with E-state index in [0.29, 0.717) is 29.8 Å². The number of pyridine rings is 2. The summed E-state index contributed by atoms with van der Waals surface area (Å²) in [5.74, 6) is 0.109. The monoisotopic (exact) mass is 464 g/mol. The molecule has 2 atom stereocenters. The van der Waals surface area contributed by atoms with Gasteiger partial charge in [0.1, 0.15) is 11.6 Å². The molecule has 0 aliphatic carbocycles. The van der Waals surface area contributed by atoms with Crippen LogP contribution < -0.4 is 5.56 Å². The molecule has 4 aromatic rings. The van der Waals surface area contributed by atoms with Crippen molar-refractivity contribution in [2.75, 3.05) is 6.61 Å². The van der Waals surface area contributed by atoms with Crippen LogP contribution in [0.4, 0.5) is 4.39 Å². The van der Waals surface area contributed by atoms with Crippen LogP contribution in [-0.2, 0) is 11.8 Å². The van der Waals surface area contributed by atoms with Crippen molar-refractivity contribution in [2.24, 2.45) is 7.05 Å². The lowest BCUT2D eigenvalue weighted by Gasteiger charge is -2.29. The van der Waals surface area contributed by atoms with Crippen molar-refractivity contribution in [2.45, 2.75) is 31.8 Å². The van der Waals surface area contributed by atoms with E-state index in [2.05, 4.69) is 9.97 Å².